The number of hydrogen-bond acceptors (Lipinski definition) is 5. The number of esters is 1. The number of halogens is 1. The second kappa shape index (κ2) is 12.2. The topological polar surface area (TPSA) is 84.8 Å². The zero-order valence-corrected chi connectivity index (χ0v) is 19.7. The van der Waals surface area contributed by atoms with Crippen molar-refractivity contribution in [3.63, 3.8) is 0 Å². The van der Waals surface area contributed by atoms with E-state index in [1.807, 2.05) is 19.1 Å². The van der Waals surface area contributed by atoms with Crippen LogP contribution in [-0.2, 0) is 16.1 Å². The molecule has 1 aromatic rings. The van der Waals surface area contributed by atoms with E-state index in [0.29, 0.717) is 31.0 Å². The van der Waals surface area contributed by atoms with Gasteiger partial charge in [0, 0.05) is 31.9 Å². The second-order valence-corrected chi connectivity index (χ2v) is 7.63. The molecule has 0 amide bonds. The van der Waals surface area contributed by atoms with E-state index in [1.165, 1.54) is 12.8 Å². The summed E-state index contributed by atoms with van der Waals surface area (Å²) in [5.41, 5.74) is 1.11. The number of ether oxygens (including phenoxy) is 2. The van der Waals surface area contributed by atoms with Gasteiger partial charge >= 0.3 is 5.97 Å². The quantitative estimate of drug-likeness (QED) is 0.239. The summed E-state index contributed by atoms with van der Waals surface area (Å²) < 4.78 is 10.9. The molecular weight excluding hydrogens is 483 g/mol. The van der Waals surface area contributed by atoms with Gasteiger partial charge in [-0.3, -0.25) is 9.79 Å². The van der Waals surface area contributed by atoms with Gasteiger partial charge in [0.25, 0.3) is 0 Å². The molecule has 2 aliphatic carbocycles. The van der Waals surface area contributed by atoms with Gasteiger partial charge in [0.1, 0.15) is 0 Å². The Labute approximate surface area is 190 Å². The second-order valence-electron chi connectivity index (χ2n) is 7.63. The highest BCUT2D eigenvalue weighted by molar-refractivity contribution is 14.0. The molecule has 0 aliphatic heterocycles. The first-order valence-corrected chi connectivity index (χ1v) is 10.4. The van der Waals surface area contributed by atoms with Gasteiger partial charge in [-0.2, -0.15) is 0 Å². The monoisotopic (exact) mass is 516 g/mol. The van der Waals surface area contributed by atoms with Crippen molar-refractivity contribution in [3.8, 4) is 5.88 Å². The Morgan fingerprint density at radius 2 is 2.00 bits per heavy atom. The Morgan fingerprint density at radius 1 is 1.24 bits per heavy atom. The maximum atomic E-state index is 11.9. The molecule has 2 aliphatic rings. The summed E-state index contributed by atoms with van der Waals surface area (Å²) in [5.74, 6) is 2.16. The average molecular weight is 516 g/mol. The zero-order chi connectivity index (χ0) is 19.8. The minimum absolute atomic E-state index is 0. The molecule has 3 rings (SSSR count). The van der Waals surface area contributed by atoms with Crippen molar-refractivity contribution in [2.75, 3.05) is 20.3 Å². The number of nitrogens with zero attached hydrogens (tertiary/aromatic N) is 2. The third-order valence-electron chi connectivity index (χ3n) is 5.33. The number of carbonyl (C=O) groups is 1. The van der Waals surface area contributed by atoms with Crippen LogP contribution in [0.2, 0.25) is 0 Å². The third kappa shape index (κ3) is 7.98. The van der Waals surface area contributed by atoms with Gasteiger partial charge in [-0.25, -0.2) is 4.98 Å². The number of guanidine groups is 1. The van der Waals surface area contributed by atoms with Gasteiger partial charge in [-0.1, -0.05) is 0 Å². The molecule has 0 spiro atoms. The van der Waals surface area contributed by atoms with Gasteiger partial charge in [0.15, 0.2) is 5.96 Å². The van der Waals surface area contributed by atoms with Gasteiger partial charge in [0.2, 0.25) is 5.88 Å². The smallest absolute Gasteiger partial charge is 0.308 e. The predicted molar refractivity (Wildman–Crippen MR) is 124 cm³/mol. The Morgan fingerprint density at radius 3 is 2.66 bits per heavy atom. The number of nitrogens with one attached hydrogen (secondary N) is 2. The Balaban J connectivity index is 0.00000300. The maximum absolute atomic E-state index is 11.9. The number of hydrogen-bond donors (Lipinski definition) is 2. The summed E-state index contributed by atoms with van der Waals surface area (Å²) in [4.78, 5) is 20.5. The molecule has 2 fully saturated rings. The Bertz CT molecular complexity index is 674. The van der Waals surface area contributed by atoms with Crippen molar-refractivity contribution >= 4 is 35.9 Å². The minimum atomic E-state index is -0.0548. The highest BCUT2D eigenvalue weighted by Gasteiger charge is 2.27. The van der Waals surface area contributed by atoms with Crippen molar-refractivity contribution in [1.29, 1.82) is 0 Å². The summed E-state index contributed by atoms with van der Waals surface area (Å²) in [6.45, 7) is 3.73. The molecule has 7 nitrogen and oxygen atoms in total. The van der Waals surface area contributed by atoms with E-state index in [4.69, 9.17) is 9.47 Å². The van der Waals surface area contributed by atoms with E-state index in [2.05, 4.69) is 20.6 Å². The first-order valence-electron chi connectivity index (χ1n) is 10.4. The van der Waals surface area contributed by atoms with Gasteiger partial charge in [-0.05, 0) is 63.0 Å². The molecular formula is C21H33IN4O3. The fourth-order valence-corrected chi connectivity index (χ4v) is 3.43. The van der Waals surface area contributed by atoms with E-state index in [-0.39, 0.29) is 35.9 Å². The number of aromatic nitrogens is 1. The number of rotatable bonds is 8. The van der Waals surface area contributed by atoms with Crippen LogP contribution in [0.25, 0.3) is 0 Å². The maximum Gasteiger partial charge on any atom is 0.308 e. The molecule has 0 atom stereocenters. The average Bonchev–Trinajstić information content (AvgIpc) is 3.55. The van der Waals surface area contributed by atoms with Gasteiger partial charge in [-0.15, -0.1) is 24.0 Å². The molecule has 162 valence electrons. The SMILES string of the molecule is CCOC(=O)C1CCC(NC(=NC)NCc2ccnc(OCC3CC3)c2)CC1.I. The van der Waals surface area contributed by atoms with E-state index in [1.54, 1.807) is 13.2 Å². The standard InChI is InChI=1S/C21H32N4O3.HI/c1-3-27-20(26)17-6-8-18(9-7-17)25-21(22-2)24-13-16-10-11-23-19(12-16)28-14-15-4-5-15;/h10-12,15,17-18H,3-9,13-14H2,1-2H3,(H2,22,24,25);1H. The minimum Gasteiger partial charge on any atom is -0.477 e. The van der Waals surface area contributed by atoms with E-state index in [9.17, 15) is 4.79 Å². The lowest BCUT2D eigenvalue weighted by molar-refractivity contribution is -0.149. The van der Waals surface area contributed by atoms with Crippen LogP contribution in [0.4, 0.5) is 0 Å². The van der Waals surface area contributed by atoms with E-state index < -0.39 is 0 Å². The van der Waals surface area contributed by atoms with Crippen molar-refractivity contribution < 1.29 is 14.3 Å². The summed E-state index contributed by atoms with van der Waals surface area (Å²) in [6.07, 6.45) is 7.93. The highest BCUT2D eigenvalue weighted by atomic mass is 127. The molecule has 2 saturated carbocycles. The first kappa shape index (κ1) is 23.7. The summed E-state index contributed by atoms with van der Waals surface area (Å²) in [5, 5.41) is 6.83. The Hall–Kier alpha value is -1.58. The highest BCUT2D eigenvalue weighted by Crippen LogP contribution is 2.29. The largest absolute Gasteiger partial charge is 0.477 e. The number of carbonyl (C=O) groups excluding carboxylic acids is 1. The summed E-state index contributed by atoms with van der Waals surface area (Å²) in [6, 6.07) is 4.29. The predicted octanol–water partition coefficient (Wildman–Crippen LogP) is 3.28. The lowest BCUT2D eigenvalue weighted by atomic mass is 9.86. The van der Waals surface area contributed by atoms with Gasteiger partial charge in [0.05, 0.1) is 19.1 Å². The fourth-order valence-electron chi connectivity index (χ4n) is 3.43. The van der Waals surface area contributed by atoms with Crippen LogP contribution in [0.1, 0.15) is 51.0 Å². The third-order valence-corrected chi connectivity index (χ3v) is 5.33. The zero-order valence-electron chi connectivity index (χ0n) is 17.4. The van der Waals surface area contributed by atoms with Crippen LogP contribution in [-0.4, -0.2) is 43.2 Å². The summed E-state index contributed by atoms with van der Waals surface area (Å²) in [7, 11) is 1.77. The normalized spacial score (nSPS) is 21.7. The lowest BCUT2D eigenvalue weighted by Gasteiger charge is -2.29. The Kier molecular flexibility index (Phi) is 9.96. The van der Waals surface area contributed by atoms with Crippen molar-refractivity contribution in [3.05, 3.63) is 23.9 Å². The number of aliphatic imine (C=N–C) groups is 1. The molecule has 0 unspecified atom stereocenters. The van der Waals surface area contributed by atoms with Crippen molar-refractivity contribution in [2.24, 2.45) is 16.8 Å². The van der Waals surface area contributed by atoms with E-state index in [0.717, 1.165) is 43.8 Å². The first-order chi connectivity index (χ1) is 13.7. The molecule has 0 bridgehead atoms. The van der Waals surface area contributed by atoms with Crippen LogP contribution >= 0.6 is 24.0 Å². The van der Waals surface area contributed by atoms with Crippen LogP contribution < -0.4 is 15.4 Å². The molecule has 1 heterocycles. The molecule has 29 heavy (non-hydrogen) atoms. The van der Waals surface area contributed by atoms with Gasteiger partial charge < -0.3 is 20.1 Å². The van der Waals surface area contributed by atoms with Crippen LogP contribution in [0, 0.1) is 11.8 Å². The molecule has 2 N–H and O–H groups in total. The summed E-state index contributed by atoms with van der Waals surface area (Å²) >= 11 is 0. The molecule has 1 aromatic heterocycles. The molecule has 0 aromatic carbocycles. The van der Waals surface area contributed by atoms with E-state index >= 15 is 0 Å². The van der Waals surface area contributed by atoms with Crippen molar-refractivity contribution in [2.45, 2.75) is 58.0 Å². The fraction of sp³-hybridized carbons (Fsp3) is 0.667. The van der Waals surface area contributed by atoms with Crippen molar-refractivity contribution in [1.82, 2.24) is 15.6 Å². The van der Waals surface area contributed by atoms with Crippen LogP contribution in [0.15, 0.2) is 23.3 Å². The molecule has 8 heteroatoms. The molecule has 0 radical (unpaired) electrons. The van der Waals surface area contributed by atoms with Crippen LogP contribution in [0.3, 0.4) is 0 Å². The molecule has 0 saturated heterocycles. The van der Waals surface area contributed by atoms with Crippen LogP contribution in [0.5, 0.6) is 5.88 Å². The lowest BCUT2D eigenvalue weighted by Crippen LogP contribution is -2.45. The number of pyridine rings is 1.